The van der Waals surface area contributed by atoms with E-state index < -0.39 is 5.97 Å². The first-order valence-corrected chi connectivity index (χ1v) is 9.42. The molecule has 0 amide bonds. The van der Waals surface area contributed by atoms with Crippen LogP contribution in [0.3, 0.4) is 0 Å². The highest BCUT2D eigenvalue weighted by molar-refractivity contribution is 7.18. The van der Waals surface area contributed by atoms with Gasteiger partial charge in [0.05, 0.1) is 5.39 Å². The third-order valence-corrected chi connectivity index (χ3v) is 5.87. The van der Waals surface area contributed by atoms with Crippen LogP contribution in [-0.2, 0) is 11.3 Å². The molecule has 0 radical (unpaired) electrons. The summed E-state index contributed by atoms with van der Waals surface area (Å²) in [6.07, 6.45) is 2.78. The Bertz CT molecular complexity index is 1140. The number of thiophene rings is 1. The zero-order chi connectivity index (χ0) is 19.1. The van der Waals surface area contributed by atoms with E-state index in [9.17, 15) is 9.59 Å². The summed E-state index contributed by atoms with van der Waals surface area (Å²) in [5, 5.41) is 9.40. The molecule has 0 fully saturated rings. The Morgan fingerprint density at radius 3 is 2.78 bits per heavy atom. The van der Waals surface area contributed by atoms with E-state index in [1.165, 1.54) is 0 Å². The normalized spacial score (nSPS) is 14.7. The highest BCUT2D eigenvalue weighted by Crippen LogP contribution is 2.32. The summed E-state index contributed by atoms with van der Waals surface area (Å²) in [6, 6.07) is 7.20. The summed E-state index contributed by atoms with van der Waals surface area (Å²) in [7, 11) is 0. The van der Waals surface area contributed by atoms with Gasteiger partial charge in [0, 0.05) is 11.4 Å². The molecule has 0 bridgehead atoms. The molecule has 1 aromatic carbocycles. The van der Waals surface area contributed by atoms with Crippen molar-refractivity contribution in [3.8, 4) is 5.75 Å². The lowest BCUT2D eigenvalue weighted by molar-refractivity contribution is -0.139. The lowest BCUT2D eigenvalue weighted by Gasteiger charge is -2.05. The molecule has 0 saturated heterocycles. The number of fused-ring (bicyclic) bond motifs is 2. The molecule has 3 aromatic rings. The first kappa shape index (κ1) is 17.5. The maximum Gasteiger partial charge on any atom is 0.341 e. The number of rotatable bonds is 4. The molecule has 0 atom stereocenters. The molecular formula is C20H18N2O4S. The van der Waals surface area contributed by atoms with Crippen LogP contribution in [0.2, 0.25) is 0 Å². The average molecular weight is 382 g/mol. The van der Waals surface area contributed by atoms with E-state index in [2.05, 4.69) is 0 Å². The van der Waals surface area contributed by atoms with E-state index in [1.54, 1.807) is 28.0 Å². The lowest BCUT2D eigenvalue weighted by Crippen LogP contribution is -2.20. The van der Waals surface area contributed by atoms with Crippen molar-refractivity contribution in [2.24, 2.45) is 0 Å². The predicted molar refractivity (Wildman–Crippen MR) is 105 cm³/mol. The van der Waals surface area contributed by atoms with Gasteiger partial charge in [-0.05, 0) is 55.2 Å². The second-order valence-corrected chi connectivity index (χ2v) is 7.73. The summed E-state index contributed by atoms with van der Waals surface area (Å²) in [5.41, 5.74) is 3.04. The second-order valence-electron chi connectivity index (χ2n) is 6.53. The highest BCUT2D eigenvalue weighted by Gasteiger charge is 2.23. The van der Waals surface area contributed by atoms with Crippen LogP contribution in [0.4, 0.5) is 0 Å². The number of nitrogens with zero attached hydrogens (tertiary/aromatic N) is 2. The molecule has 7 heteroatoms. The highest BCUT2D eigenvalue weighted by atomic mass is 32.1. The lowest BCUT2D eigenvalue weighted by atomic mass is 10.1. The van der Waals surface area contributed by atoms with Crippen molar-refractivity contribution < 1.29 is 14.6 Å². The second kappa shape index (κ2) is 6.66. The van der Waals surface area contributed by atoms with Crippen LogP contribution in [0.1, 0.15) is 28.2 Å². The quantitative estimate of drug-likeness (QED) is 0.747. The van der Waals surface area contributed by atoms with Gasteiger partial charge in [-0.15, -0.1) is 11.3 Å². The minimum absolute atomic E-state index is 0.0395. The molecule has 3 heterocycles. The minimum atomic E-state index is -1.01. The number of hydrogen-bond acceptors (Lipinski definition) is 5. The van der Waals surface area contributed by atoms with Gasteiger partial charge in [0.1, 0.15) is 16.4 Å². The number of allylic oxidation sites excluding steroid dienone is 1. The summed E-state index contributed by atoms with van der Waals surface area (Å²) in [4.78, 5) is 30.1. The number of carboxylic acid groups (broad SMARTS) is 1. The molecule has 138 valence electrons. The van der Waals surface area contributed by atoms with Crippen molar-refractivity contribution in [1.82, 2.24) is 9.55 Å². The molecule has 4 rings (SSSR count). The number of carbonyl (C=O) groups is 1. The van der Waals surface area contributed by atoms with E-state index in [-0.39, 0.29) is 12.2 Å². The molecule has 0 spiro atoms. The summed E-state index contributed by atoms with van der Waals surface area (Å²) in [5.74, 6) is 0.234. The molecule has 1 N–H and O–H groups in total. The van der Waals surface area contributed by atoms with Gasteiger partial charge in [0.15, 0.2) is 6.61 Å². The third-order valence-electron chi connectivity index (χ3n) is 4.76. The molecule has 1 aliphatic rings. The van der Waals surface area contributed by atoms with Crippen LogP contribution < -0.4 is 10.3 Å². The maximum atomic E-state index is 12.9. The van der Waals surface area contributed by atoms with Crippen LogP contribution in [-0.4, -0.2) is 27.2 Å². The first-order valence-electron chi connectivity index (χ1n) is 8.60. The van der Waals surface area contributed by atoms with Crippen LogP contribution in [0, 0.1) is 13.8 Å². The van der Waals surface area contributed by atoms with Gasteiger partial charge in [-0.25, -0.2) is 9.78 Å². The number of carboxylic acids is 1. The van der Waals surface area contributed by atoms with E-state index >= 15 is 0 Å². The number of benzene rings is 1. The Morgan fingerprint density at radius 2 is 2.07 bits per heavy atom. The van der Waals surface area contributed by atoms with Gasteiger partial charge >= 0.3 is 5.97 Å². The number of hydrogen-bond donors (Lipinski definition) is 1. The van der Waals surface area contributed by atoms with E-state index in [1.807, 2.05) is 32.1 Å². The van der Waals surface area contributed by atoms with Crippen LogP contribution >= 0.6 is 11.3 Å². The minimum Gasteiger partial charge on any atom is -0.482 e. The van der Waals surface area contributed by atoms with Crippen LogP contribution in [0.25, 0.3) is 21.9 Å². The summed E-state index contributed by atoms with van der Waals surface area (Å²) >= 11 is 1.56. The Balaban J connectivity index is 1.69. The van der Waals surface area contributed by atoms with Crippen LogP contribution in [0.15, 0.2) is 29.1 Å². The Hall–Kier alpha value is -2.93. The number of ether oxygens (including phenoxy) is 1. The van der Waals surface area contributed by atoms with E-state index in [4.69, 9.17) is 14.8 Å². The monoisotopic (exact) mass is 382 g/mol. The smallest absolute Gasteiger partial charge is 0.341 e. The Labute approximate surface area is 159 Å². The predicted octanol–water partition coefficient (Wildman–Crippen LogP) is 3.48. The molecule has 2 aromatic heterocycles. The van der Waals surface area contributed by atoms with Crippen molar-refractivity contribution in [1.29, 1.82) is 0 Å². The Morgan fingerprint density at radius 1 is 1.33 bits per heavy atom. The third kappa shape index (κ3) is 3.14. The molecule has 1 aliphatic heterocycles. The van der Waals surface area contributed by atoms with Gasteiger partial charge < -0.3 is 9.84 Å². The number of aryl methyl sites for hydroxylation is 2. The summed E-state index contributed by atoms with van der Waals surface area (Å²) in [6.45, 7) is 4.26. The fourth-order valence-corrected chi connectivity index (χ4v) is 4.29. The zero-order valence-electron chi connectivity index (χ0n) is 15.0. The molecular weight excluding hydrogens is 364 g/mol. The van der Waals surface area contributed by atoms with Gasteiger partial charge in [0.25, 0.3) is 5.56 Å². The molecule has 27 heavy (non-hydrogen) atoms. The maximum absolute atomic E-state index is 12.9. The SMILES string of the molecule is Cc1sc2nc3n(c(=O)c2c1C)CC/C3=C/c1ccc(OCC(=O)O)cc1. The van der Waals surface area contributed by atoms with E-state index in [0.29, 0.717) is 12.3 Å². The Kier molecular flexibility index (Phi) is 4.31. The van der Waals surface area contributed by atoms with Gasteiger partial charge in [-0.3, -0.25) is 9.36 Å². The molecule has 0 aliphatic carbocycles. The molecule has 6 nitrogen and oxygen atoms in total. The largest absolute Gasteiger partial charge is 0.482 e. The molecule has 0 saturated carbocycles. The number of aliphatic carboxylic acids is 1. The average Bonchev–Trinajstić information content (AvgIpc) is 3.16. The fraction of sp³-hybridized carbons (Fsp3) is 0.250. The van der Waals surface area contributed by atoms with Crippen molar-refractivity contribution in [3.63, 3.8) is 0 Å². The van der Waals surface area contributed by atoms with Crippen LogP contribution in [0.5, 0.6) is 5.75 Å². The van der Waals surface area contributed by atoms with Gasteiger partial charge in [0.2, 0.25) is 0 Å². The van der Waals surface area contributed by atoms with Crippen molar-refractivity contribution in [2.45, 2.75) is 26.8 Å². The van der Waals surface area contributed by atoms with Gasteiger partial charge in [-0.2, -0.15) is 0 Å². The first-order chi connectivity index (χ1) is 12.9. The molecule has 0 unspecified atom stereocenters. The van der Waals surface area contributed by atoms with E-state index in [0.717, 1.165) is 44.0 Å². The summed E-state index contributed by atoms with van der Waals surface area (Å²) < 4.78 is 6.91. The standard InChI is InChI=1S/C20H18N2O4S/c1-11-12(2)27-19-17(11)20(25)22-8-7-14(18(22)21-19)9-13-3-5-15(6-4-13)26-10-16(23)24/h3-6,9H,7-8,10H2,1-2H3,(H,23,24)/b14-9-. The van der Waals surface area contributed by atoms with Crippen molar-refractivity contribution >= 4 is 39.2 Å². The van der Waals surface area contributed by atoms with Crippen molar-refractivity contribution in [3.05, 3.63) is 56.4 Å². The fourth-order valence-electron chi connectivity index (χ4n) is 3.27. The number of aromatic nitrogens is 2. The van der Waals surface area contributed by atoms with Gasteiger partial charge in [-0.1, -0.05) is 12.1 Å². The zero-order valence-corrected chi connectivity index (χ0v) is 15.8. The topological polar surface area (TPSA) is 81.4 Å². The van der Waals surface area contributed by atoms with Crippen molar-refractivity contribution in [2.75, 3.05) is 6.61 Å².